The quantitative estimate of drug-likeness (QED) is 0.503. The highest BCUT2D eigenvalue weighted by molar-refractivity contribution is 7.89. The number of benzene rings is 2. The van der Waals surface area contributed by atoms with Crippen LogP contribution in [0.15, 0.2) is 47.4 Å². The fraction of sp³-hybridized carbons (Fsp3) is 0.316. The van der Waals surface area contributed by atoms with Crippen LogP contribution in [0.4, 0.5) is 30.2 Å². The van der Waals surface area contributed by atoms with Crippen LogP contribution >= 0.6 is 0 Å². The maximum Gasteiger partial charge on any atom is 0.416 e. The van der Waals surface area contributed by atoms with Crippen molar-refractivity contribution < 1.29 is 31.3 Å². The molecule has 10 nitrogen and oxygen atoms in total. The molecule has 1 saturated heterocycles. The van der Waals surface area contributed by atoms with E-state index in [1.165, 1.54) is 17.0 Å². The molecule has 2 N–H and O–H groups in total. The number of carbonyl (C=O) groups excluding carboxylic acids is 1. The lowest BCUT2D eigenvalue weighted by Crippen LogP contribution is -2.58. The van der Waals surface area contributed by atoms with Crippen molar-refractivity contribution in [1.29, 1.82) is 0 Å². The van der Waals surface area contributed by atoms with Gasteiger partial charge in [-0.3, -0.25) is 14.9 Å². The van der Waals surface area contributed by atoms with Crippen molar-refractivity contribution in [2.75, 3.05) is 36.4 Å². The molecule has 1 fully saturated rings. The first-order valence-electron chi connectivity index (χ1n) is 9.74. The highest BCUT2D eigenvalue weighted by Crippen LogP contribution is 2.35. The summed E-state index contributed by atoms with van der Waals surface area (Å²) in [5.41, 5.74) is -0.643. The van der Waals surface area contributed by atoms with Gasteiger partial charge in [0.15, 0.2) is 6.17 Å². The molecular weight excluding hydrogens is 467 g/mol. The molecule has 0 radical (unpaired) electrons. The average Bonchev–Trinajstić information content (AvgIpc) is 2.77. The van der Waals surface area contributed by atoms with Crippen molar-refractivity contribution in [3.05, 3.63) is 58.1 Å². The van der Waals surface area contributed by atoms with Crippen LogP contribution in [0, 0.1) is 10.1 Å². The van der Waals surface area contributed by atoms with Crippen LogP contribution in [0.25, 0.3) is 0 Å². The van der Waals surface area contributed by atoms with Crippen LogP contribution in [0.1, 0.15) is 5.56 Å². The molecule has 0 spiro atoms. The van der Waals surface area contributed by atoms with Gasteiger partial charge in [-0.15, -0.1) is 0 Å². The number of nitro benzene ring substituents is 1. The number of fused-ring (bicyclic) bond motifs is 1. The Labute approximate surface area is 186 Å². The second-order valence-electron chi connectivity index (χ2n) is 7.49. The number of hydrogen-bond donors (Lipinski definition) is 2. The standard InChI is InChI=1S/C19H18F3N5O5S/c20-19(21,22)12-1-6-16-15(11-12)23-17(24-33(16,31)32)18(28)26-9-7-25(8-10-26)13-2-4-14(5-3-13)27(29)30/h1-6,11,17,23-24H,7-10H2/t17-/m1/s1. The van der Waals surface area contributed by atoms with Gasteiger partial charge in [0.05, 0.1) is 16.2 Å². The fourth-order valence-corrected chi connectivity index (χ4v) is 4.97. The number of carbonyl (C=O) groups is 1. The summed E-state index contributed by atoms with van der Waals surface area (Å²) in [6, 6.07) is 8.13. The molecular formula is C19H18F3N5O5S. The molecule has 0 aromatic heterocycles. The van der Waals surface area contributed by atoms with Gasteiger partial charge in [0.2, 0.25) is 10.0 Å². The van der Waals surface area contributed by atoms with Gasteiger partial charge in [0.25, 0.3) is 11.6 Å². The van der Waals surface area contributed by atoms with Crippen molar-refractivity contribution in [2.24, 2.45) is 0 Å². The SMILES string of the molecule is O=C([C@@H]1Nc2cc(C(F)(F)F)ccc2S(=O)(=O)N1)N1CCN(c2ccc([N+](=O)[O-])cc2)CC1. The van der Waals surface area contributed by atoms with Crippen LogP contribution in [-0.2, 0) is 21.0 Å². The molecule has 14 heteroatoms. The molecule has 33 heavy (non-hydrogen) atoms. The number of amides is 1. The summed E-state index contributed by atoms with van der Waals surface area (Å²) in [7, 11) is -4.19. The molecule has 0 bridgehead atoms. The monoisotopic (exact) mass is 485 g/mol. The van der Waals surface area contributed by atoms with Crippen molar-refractivity contribution in [1.82, 2.24) is 9.62 Å². The van der Waals surface area contributed by atoms with E-state index in [1.54, 1.807) is 12.1 Å². The summed E-state index contributed by atoms with van der Waals surface area (Å²) in [5.74, 6) is -0.620. The summed E-state index contributed by atoms with van der Waals surface area (Å²) in [4.78, 5) is 26.1. The number of rotatable bonds is 3. The van der Waals surface area contributed by atoms with Crippen LogP contribution < -0.4 is 14.9 Å². The predicted molar refractivity (Wildman–Crippen MR) is 111 cm³/mol. The van der Waals surface area contributed by atoms with Crippen molar-refractivity contribution in [3.63, 3.8) is 0 Å². The molecule has 4 rings (SSSR count). The Morgan fingerprint density at radius 3 is 2.27 bits per heavy atom. The summed E-state index contributed by atoms with van der Waals surface area (Å²) in [6.45, 7) is 1.23. The zero-order chi connectivity index (χ0) is 24.0. The predicted octanol–water partition coefficient (Wildman–Crippen LogP) is 1.99. The highest BCUT2D eigenvalue weighted by Gasteiger charge is 2.38. The van der Waals surface area contributed by atoms with Gasteiger partial charge in [0.1, 0.15) is 4.90 Å². The third-order valence-electron chi connectivity index (χ3n) is 5.43. The number of alkyl halides is 3. The van der Waals surface area contributed by atoms with E-state index in [0.717, 1.165) is 11.8 Å². The first-order valence-corrected chi connectivity index (χ1v) is 11.2. The molecule has 1 amide bonds. The molecule has 1 atom stereocenters. The number of anilines is 2. The Morgan fingerprint density at radius 1 is 1.06 bits per heavy atom. The Bertz CT molecular complexity index is 1200. The van der Waals surface area contributed by atoms with E-state index >= 15 is 0 Å². The van der Waals surface area contributed by atoms with Gasteiger partial charge in [-0.05, 0) is 30.3 Å². The van der Waals surface area contributed by atoms with Crippen molar-refractivity contribution >= 4 is 33.0 Å². The lowest BCUT2D eigenvalue weighted by Gasteiger charge is -2.38. The molecule has 2 aromatic rings. The number of sulfonamides is 1. The molecule has 2 heterocycles. The van der Waals surface area contributed by atoms with E-state index in [4.69, 9.17) is 0 Å². The van der Waals surface area contributed by atoms with Crippen molar-refractivity contribution in [2.45, 2.75) is 17.2 Å². The zero-order valence-corrected chi connectivity index (χ0v) is 17.7. The maximum atomic E-state index is 13.0. The van der Waals surface area contributed by atoms with E-state index in [2.05, 4.69) is 10.0 Å². The molecule has 176 valence electrons. The Hall–Kier alpha value is -3.39. The van der Waals surface area contributed by atoms with Gasteiger partial charge < -0.3 is 15.1 Å². The van der Waals surface area contributed by atoms with E-state index in [-0.39, 0.29) is 29.4 Å². The Balaban J connectivity index is 1.45. The lowest BCUT2D eigenvalue weighted by molar-refractivity contribution is -0.384. The fourth-order valence-electron chi connectivity index (χ4n) is 3.72. The van der Waals surface area contributed by atoms with Crippen LogP contribution in [0.5, 0.6) is 0 Å². The van der Waals surface area contributed by atoms with E-state index < -0.39 is 38.8 Å². The number of non-ortho nitro benzene ring substituents is 1. The highest BCUT2D eigenvalue weighted by atomic mass is 32.2. The number of piperazine rings is 1. The van der Waals surface area contributed by atoms with Crippen molar-refractivity contribution in [3.8, 4) is 0 Å². The molecule has 0 unspecified atom stereocenters. The number of nitrogens with zero attached hydrogens (tertiary/aromatic N) is 3. The minimum absolute atomic E-state index is 0.0443. The smallest absolute Gasteiger partial charge is 0.368 e. The number of halogens is 3. The molecule has 2 aliphatic rings. The van der Waals surface area contributed by atoms with Gasteiger partial charge in [-0.1, -0.05) is 0 Å². The van der Waals surface area contributed by atoms with Crippen LogP contribution in [0.2, 0.25) is 0 Å². The van der Waals surface area contributed by atoms with Gasteiger partial charge in [-0.25, -0.2) is 8.42 Å². The second kappa shape index (κ2) is 8.19. The average molecular weight is 485 g/mol. The van der Waals surface area contributed by atoms with E-state index in [0.29, 0.717) is 25.2 Å². The summed E-state index contributed by atoms with van der Waals surface area (Å²) in [5, 5.41) is 13.3. The van der Waals surface area contributed by atoms with E-state index in [1.807, 2.05) is 4.90 Å². The molecule has 0 aliphatic carbocycles. The summed E-state index contributed by atoms with van der Waals surface area (Å²) < 4.78 is 66.2. The number of nitrogens with one attached hydrogen (secondary N) is 2. The number of nitro groups is 1. The molecule has 0 saturated carbocycles. The molecule has 2 aliphatic heterocycles. The van der Waals surface area contributed by atoms with Crippen LogP contribution in [-0.4, -0.2) is 56.5 Å². The molecule has 2 aromatic carbocycles. The first-order chi connectivity index (χ1) is 15.5. The minimum atomic E-state index is -4.67. The Kier molecular flexibility index (Phi) is 5.66. The Morgan fingerprint density at radius 2 is 1.70 bits per heavy atom. The summed E-state index contributed by atoms with van der Waals surface area (Å²) >= 11 is 0. The largest absolute Gasteiger partial charge is 0.416 e. The number of hydrogen-bond acceptors (Lipinski definition) is 7. The first kappa shape index (κ1) is 22.8. The maximum absolute atomic E-state index is 13.0. The second-order valence-corrected chi connectivity index (χ2v) is 9.18. The van der Waals surface area contributed by atoms with Gasteiger partial charge in [-0.2, -0.15) is 17.9 Å². The zero-order valence-electron chi connectivity index (χ0n) is 16.9. The van der Waals surface area contributed by atoms with Gasteiger partial charge >= 0.3 is 6.18 Å². The lowest BCUT2D eigenvalue weighted by atomic mass is 10.2. The van der Waals surface area contributed by atoms with Gasteiger partial charge in [0, 0.05) is 44.0 Å². The summed E-state index contributed by atoms with van der Waals surface area (Å²) in [6.07, 6.45) is -6.11. The third-order valence-corrected chi connectivity index (χ3v) is 6.91. The van der Waals surface area contributed by atoms with Crippen LogP contribution in [0.3, 0.4) is 0 Å². The normalized spacial score (nSPS) is 20.0. The minimum Gasteiger partial charge on any atom is -0.368 e. The van der Waals surface area contributed by atoms with E-state index in [9.17, 15) is 36.5 Å². The topological polar surface area (TPSA) is 125 Å². The third kappa shape index (κ3) is 4.57.